The van der Waals surface area contributed by atoms with E-state index in [0.717, 1.165) is 6.07 Å². The van der Waals surface area contributed by atoms with E-state index in [4.69, 9.17) is 19.5 Å². The Morgan fingerprint density at radius 3 is 2.67 bits per heavy atom. The predicted molar refractivity (Wildman–Crippen MR) is 153 cm³/mol. The lowest BCUT2D eigenvalue weighted by molar-refractivity contribution is 0.0730. The van der Waals surface area contributed by atoms with Gasteiger partial charge in [0, 0.05) is 31.6 Å². The Morgan fingerprint density at radius 2 is 1.95 bits per heavy atom. The van der Waals surface area contributed by atoms with Crippen LogP contribution in [-0.2, 0) is 28.4 Å². The third-order valence-electron chi connectivity index (χ3n) is 7.14. The number of fused-ring (bicyclic) bond motifs is 3. The number of nitriles is 1. The molecular formula is C28H24FN5O6S2. The molecular weight excluding hydrogens is 585 g/mol. The number of imidazole rings is 1. The second kappa shape index (κ2) is 10.8. The lowest BCUT2D eigenvalue weighted by atomic mass is 10.1. The molecule has 0 amide bonds. The van der Waals surface area contributed by atoms with Crippen LogP contribution in [0.5, 0.6) is 11.5 Å². The SMILES string of the molecule is COc1cc2ncc3c(c2cc1OCc1sccc1S(=O)(=O)N1CCOCC1)n(-c1ccc(C#N)cc1F)c(=O)n3C. The second-order valence-corrected chi connectivity index (χ2v) is 12.4. The highest BCUT2D eigenvalue weighted by Crippen LogP contribution is 2.37. The van der Waals surface area contributed by atoms with Gasteiger partial charge in [0.05, 0.1) is 70.2 Å². The van der Waals surface area contributed by atoms with E-state index in [1.54, 1.807) is 30.6 Å². The summed E-state index contributed by atoms with van der Waals surface area (Å²) in [5.41, 5.74) is 0.899. The number of benzene rings is 2. The topological polar surface area (TPSA) is 129 Å². The molecule has 14 heteroatoms. The van der Waals surface area contributed by atoms with E-state index >= 15 is 4.39 Å². The molecule has 5 aromatic rings. The molecule has 3 aromatic heterocycles. The van der Waals surface area contributed by atoms with Crippen molar-refractivity contribution in [3.63, 3.8) is 0 Å². The van der Waals surface area contributed by atoms with Crippen LogP contribution in [0.3, 0.4) is 0 Å². The highest BCUT2D eigenvalue weighted by Gasteiger charge is 2.29. The summed E-state index contributed by atoms with van der Waals surface area (Å²) in [4.78, 5) is 18.5. The Kier molecular flexibility index (Phi) is 7.19. The molecule has 1 fully saturated rings. The van der Waals surface area contributed by atoms with Gasteiger partial charge in [-0.05, 0) is 35.7 Å². The maximum atomic E-state index is 15.1. The molecule has 11 nitrogen and oxygen atoms in total. The molecule has 6 rings (SSSR count). The van der Waals surface area contributed by atoms with E-state index < -0.39 is 21.5 Å². The standard InChI is InChI=1S/C28H24FN5O6S2/c1-32-22-15-31-20-13-23(38-2)24(40-16-25-26(5-10-41-25)42(36,37)33-6-8-39-9-7-33)12-18(20)27(22)34(28(32)35)21-4-3-17(14-30)11-19(21)29/h3-5,10-13,15H,6-9,16H2,1-2H3. The van der Waals surface area contributed by atoms with Crippen LogP contribution in [0.25, 0.3) is 27.6 Å². The number of sulfonamides is 1. The van der Waals surface area contributed by atoms with Crippen molar-refractivity contribution in [3.8, 4) is 23.3 Å². The molecule has 0 N–H and O–H groups in total. The van der Waals surface area contributed by atoms with Crippen molar-refractivity contribution < 1.29 is 27.0 Å². The molecule has 0 spiro atoms. The van der Waals surface area contributed by atoms with Gasteiger partial charge in [0.15, 0.2) is 11.5 Å². The molecule has 4 heterocycles. The third kappa shape index (κ3) is 4.60. The van der Waals surface area contributed by atoms with Gasteiger partial charge in [-0.1, -0.05) is 0 Å². The molecule has 0 bridgehead atoms. The molecule has 1 aliphatic rings. The third-order valence-corrected chi connectivity index (χ3v) is 10.1. The van der Waals surface area contributed by atoms with E-state index in [2.05, 4.69) is 4.98 Å². The number of halogens is 1. The van der Waals surface area contributed by atoms with Crippen molar-refractivity contribution >= 4 is 43.3 Å². The van der Waals surface area contributed by atoms with Crippen LogP contribution in [0.4, 0.5) is 4.39 Å². The lowest BCUT2D eigenvalue weighted by Crippen LogP contribution is -2.40. The summed E-state index contributed by atoms with van der Waals surface area (Å²) in [6.07, 6.45) is 1.52. The van der Waals surface area contributed by atoms with Gasteiger partial charge in [-0.15, -0.1) is 11.3 Å². The minimum Gasteiger partial charge on any atom is -0.493 e. The Morgan fingerprint density at radius 1 is 1.17 bits per heavy atom. The van der Waals surface area contributed by atoms with Crippen molar-refractivity contribution in [1.29, 1.82) is 5.26 Å². The maximum Gasteiger partial charge on any atom is 0.333 e. The fourth-order valence-corrected chi connectivity index (χ4v) is 7.71. The molecule has 0 unspecified atom stereocenters. The molecule has 0 aliphatic carbocycles. The summed E-state index contributed by atoms with van der Waals surface area (Å²) >= 11 is 1.26. The summed E-state index contributed by atoms with van der Waals surface area (Å²) in [5.74, 6) is -0.103. The van der Waals surface area contributed by atoms with E-state index in [-0.39, 0.29) is 41.6 Å². The minimum atomic E-state index is -3.73. The first-order valence-corrected chi connectivity index (χ1v) is 15.1. The number of thiophene rings is 1. The zero-order valence-corrected chi connectivity index (χ0v) is 24.2. The average Bonchev–Trinajstić information content (AvgIpc) is 3.59. The van der Waals surface area contributed by atoms with Gasteiger partial charge < -0.3 is 14.2 Å². The number of aromatic nitrogens is 3. The van der Waals surface area contributed by atoms with Gasteiger partial charge in [0.25, 0.3) is 0 Å². The van der Waals surface area contributed by atoms with Gasteiger partial charge in [0.1, 0.15) is 12.4 Å². The van der Waals surface area contributed by atoms with Gasteiger partial charge >= 0.3 is 5.69 Å². The molecule has 0 saturated carbocycles. The van der Waals surface area contributed by atoms with Crippen LogP contribution in [0.2, 0.25) is 0 Å². The smallest absolute Gasteiger partial charge is 0.333 e. The van der Waals surface area contributed by atoms with Crippen molar-refractivity contribution in [3.05, 3.63) is 74.7 Å². The number of rotatable bonds is 7. The number of nitrogens with zero attached hydrogens (tertiary/aromatic N) is 5. The number of hydrogen-bond donors (Lipinski definition) is 0. The van der Waals surface area contributed by atoms with Crippen molar-refractivity contribution in [2.24, 2.45) is 7.05 Å². The fourth-order valence-electron chi connectivity index (χ4n) is 4.99. The van der Waals surface area contributed by atoms with Gasteiger partial charge in [0.2, 0.25) is 10.0 Å². The van der Waals surface area contributed by atoms with Crippen LogP contribution >= 0.6 is 11.3 Å². The molecule has 1 saturated heterocycles. The second-order valence-electron chi connectivity index (χ2n) is 9.48. The molecule has 42 heavy (non-hydrogen) atoms. The minimum absolute atomic E-state index is 0.0214. The molecule has 0 atom stereocenters. The van der Waals surface area contributed by atoms with Gasteiger partial charge in [-0.3, -0.25) is 14.1 Å². The Hall–Kier alpha value is -4.29. The first-order valence-electron chi connectivity index (χ1n) is 12.8. The van der Waals surface area contributed by atoms with Crippen LogP contribution in [0.15, 0.2) is 57.7 Å². The number of methoxy groups -OCH3 is 1. The number of pyridine rings is 1. The first-order chi connectivity index (χ1) is 20.2. The number of hydrogen-bond acceptors (Lipinski definition) is 9. The Bertz CT molecular complexity index is 2060. The molecule has 216 valence electrons. The monoisotopic (exact) mass is 609 g/mol. The van der Waals surface area contributed by atoms with E-state index in [9.17, 15) is 13.2 Å². The highest BCUT2D eigenvalue weighted by atomic mass is 32.2. The molecule has 2 aromatic carbocycles. The maximum absolute atomic E-state index is 15.1. The zero-order chi connectivity index (χ0) is 29.6. The van der Waals surface area contributed by atoms with E-state index in [1.807, 2.05) is 6.07 Å². The van der Waals surface area contributed by atoms with Crippen LogP contribution < -0.4 is 15.2 Å². The highest BCUT2D eigenvalue weighted by molar-refractivity contribution is 7.89. The first kappa shape index (κ1) is 27.9. The van der Waals surface area contributed by atoms with Gasteiger partial charge in [-0.2, -0.15) is 9.57 Å². The zero-order valence-electron chi connectivity index (χ0n) is 22.5. The van der Waals surface area contributed by atoms with Crippen molar-refractivity contribution in [2.45, 2.75) is 11.5 Å². The summed E-state index contributed by atoms with van der Waals surface area (Å²) in [5, 5.41) is 11.3. The van der Waals surface area contributed by atoms with Crippen LogP contribution in [0.1, 0.15) is 10.4 Å². The van der Waals surface area contributed by atoms with Crippen LogP contribution in [0, 0.1) is 17.1 Å². The van der Waals surface area contributed by atoms with E-state index in [0.29, 0.717) is 45.8 Å². The Labute approximate surface area is 243 Å². The summed E-state index contributed by atoms with van der Waals surface area (Å²) in [6, 6.07) is 10.6. The number of aryl methyl sites for hydroxylation is 1. The Balaban J connectivity index is 1.45. The predicted octanol–water partition coefficient (Wildman–Crippen LogP) is 3.56. The van der Waals surface area contributed by atoms with Crippen LogP contribution in [-0.4, -0.2) is 60.3 Å². The molecule has 0 radical (unpaired) electrons. The summed E-state index contributed by atoms with van der Waals surface area (Å²) in [7, 11) is -0.706. The van der Waals surface area contributed by atoms with Crippen molar-refractivity contribution in [1.82, 2.24) is 18.4 Å². The van der Waals surface area contributed by atoms with E-state index in [1.165, 1.54) is 50.2 Å². The lowest BCUT2D eigenvalue weighted by Gasteiger charge is -2.26. The number of ether oxygens (including phenoxy) is 3. The normalized spacial score (nSPS) is 14.3. The largest absolute Gasteiger partial charge is 0.493 e. The van der Waals surface area contributed by atoms with Gasteiger partial charge in [-0.25, -0.2) is 17.6 Å². The average molecular weight is 610 g/mol. The quantitative estimate of drug-likeness (QED) is 0.274. The molecule has 1 aliphatic heterocycles. The van der Waals surface area contributed by atoms with Crippen molar-refractivity contribution in [2.75, 3.05) is 33.4 Å². The number of morpholine rings is 1. The summed E-state index contributed by atoms with van der Waals surface area (Å²) in [6.45, 7) is 1.16. The fraction of sp³-hybridized carbons (Fsp3) is 0.250. The summed E-state index contributed by atoms with van der Waals surface area (Å²) < 4.78 is 62.7.